The first-order valence-corrected chi connectivity index (χ1v) is 14.3. The molecule has 0 saturated heterocycles. The standard InChI is InChI=1S/C39H32N2O2/c1-29-8-6-12-37(26-29)40(33-10-4-3-5-11-33)34-18-14-31(15-19-34)32-16-20-35(21-17-32)41(38-13-7-9-30(2)27-38)36-22-24-39(25-23-36)43-28-42/h3-28H,1-2H3. The molecule has 4 nitrogen and oxygen atoms in total. The molecule has 43 heavy (non-hydrogen) atoms. The van der Waals surface area contributed by atoms with Crippen LogP contribution in [-0.4, -0.2) is 6.47 Å². The Morgan fingerprint density at radius 1 is 0.442 bits per heavy atom. The van der Waals surface area contributed by atoms with Crippen molar-refractivity contribution in [3.63, 3.8) is 0 Å². The van der Waals surface area contributed by atoms with Gasteiger partial charge in [-0.25, -0.2) is 0 Å². The van der Waals surface area contributed by atoms with Crippen LogP contribution in [0.4, 0.5) is 34.1 Å². The Balaban J connectivity index is 1.31. The van der Waals surface area contributed by atoms with Crippen LogP contribution in [0.2, 0.25) is 0 Å². The van der Waals surface area contributed by atoms with E-state index in [1.54, 1.807) is 12.1 Å². The van der Waals surface area contributed by atoms with E-state index in [1.807, 2.05) is 18.2 Å². The topological polar surface area (TPSA) is 32.8 Å². The number of aryl methyl sites for hydroxylation is 2. The van der Waals surface area contributed by atoms with E-state index >= 15 is 0 Å². The Labute approximate surface area is 253 Å². The molecule has 0 amide bonds. The average molecular weight is 561 g/mol. The van der Waals surface area contributed by atoms with Gasteiger partial charge >= 0.3 is 0 Å². The zero-order chi connectivity index (χ0) is 29.6. The van der Waals surface area contributed by atoms with Gasteiger partial charge in [-0.1, -0.05) is 66.7 Å². The molecule has 0 saturated carbocycles. The van der Waals surface area contributed by atoms with E-state index in [2.05, 4.69) is 145 Å². The minimum absolute atomic E-state index is 0.445. The van der Waals surface area contributed by atoms with E-state index in [9.17, 15) is 4.79 Å². The van der Waals surface area contributed by atoms with E-state index in [4.69, 9.17) is 4.74 Å². The number of hydrogen-bond acceptors (Lipinski definition) is 4. The maximum atomic E-state index is 10.8. The fourth-order valence-corrected chi connectivity index (χ4v) is 5.34. The van der Waals surface area contributed by atoms with Crippen molar-refractivity contribution in [2.24, 2.45) is 0 Å². The molecule has 0 fully saturated rings. The molecule has 0 aliphatic rings. The third kappa shape index (κ3) is 6.19. The predicted molar refractivity (Wildman–Crippen MR) is 177 cm³/mol. The van der Waals surface area contributed by atoms with Gasteiger partial charge in [0.25, 0.3) is 6.47 Å². The second kappa shape index (κ2) is 12.5. The van der Waals surface area contributed by atoms with E-state index < -0.39 is 0 Å². The van der Waals surface area contributed by atoms with Gasteiger partial charge in [0, 0.05) is 34.1 Å². The molecule has 210 valence electrons. The Bertz CT molecular complexity index is 1810. The minimum Gasteiger partial charge on any atom is -0.429 e. The number of nitrogens with zero attached hydrogens (tertiary/aromatic N) is 2. The zero-order valence-corrected chi connectivity index (χ0v) is 24.2. The molecule has 0 heterocycles. The average Bonchev–Trinajstić information content (AvgIpc) is 3.04. The maximum Gasteiger partial charge on any atom is 0.298 e. The summed E-state index contributed by atoms with van der Waals surface area (Å²) < 4.78 is 5.01. The highest BCUT2D eigenvalue weighted by Gasteiger charge is 2.15. The Morgan fingerprint density at radius 2 is 0.837 bits per heavy atom. The Hall–Kier alpha value is -5.61. The van der Waals surface area contributed by atoms with Gasteiger partial charge in [0.1, 0.15) is 5.75 Å². The fourth-order valence-electron chi connectivity index (χ4n) is 5.34. The summed E-state index contributed by atoms with van der Waals surface area (Å²) in [6.45, 7) is 4.66. The van der Waals surface area contributed by atoms with Gasteiger partial charge in [-0.3, -0.25) is 4.79 Å². The van der Waals surface area contributed by atoms with Crippen molar-refractivity contribution in [3.05, 3.63) is 163 Å². The molecule has 0 unspecified atom stereocenters. The van der Waals surface area contributed by atoms with Crippen LogP contribution < -0.4 is 14.5 Å². The van der Waals surface area contributed by atoms with Gasteiger partial charge in [-0.2, -0.15) is 0 Å². The van der Waals surface area contributed by atoms with Crippen molar-refractivity contribution >= 4 is 40.6 Å². The summed E-state index contributed by atoms with van der Waals surface area (Å²) >= 11 is 0. The molecule has 6 aromatic carbocycles. The number of ether oxygens (including phenoxy) is 1. The molecule has 0 radical (unpaired) electrons. The highest BCUT2D eigenvalue weighted by molar-refractivity contribution is 5.81. The Kier molecular flexibility index (Phi) is 8.01. The third-order valence-corrected chi connectivity index (χ3v) is 7.40. The SMILES string of the molecule is Cc1cccc(N(c2ccccc2)c2ccc(-c3ccc(N(c4ccc(OC=O)cc4)c4cccc(C)c4)cc3)cc2)c1. The molecular formula is C39H32N2O2. The van der Waals surface area contributed by atoms with Crippen LogP contribution in [-0.2, 0) is 4.79 Å². The largest absolute Gasteiger partial charge is 0.429 e. The van der Waals surface area contributed by atoms with E-state index in [1.165, 1.54) is 11.1 Å². The molecule has 4 heteroatoms. The summed E-state index contributed by atoms with van der Waals surface area (Å²) in [6, 6.07) is 52.3. The van der Waals surface area contributed by atoms with Crippen LogP contribution in [0.15, 0.2) is 152 Å². The quantitative estimate of drug-likeness (QED) is 0.165. The molecule has 0 aliphatic heterocycles. The van der Waals surface area contributed by atoms with Gasteiger partial charge in [-0.15, -0.1) is 0 Å². The first-order valence-electron chi connectivity index (χ1n) is 14.3. The number of para-hydroxylation sites is 1. The molecule has 6 aromatic rings. The minimum atomic E-state index is 0.445. The van der Waals surface area contributed by atoms with Gasteiger partial charge in [0.2, 0.25) is 0 Å². The van der Waals surface area contributed by atoms with Gasteiger partial charge < -0.3 is 14.5 Å². The van der Waals surface area contributed by atoms with Crippen molar-refractivity contribution in [2.45, 2.75) is 13.8 Å². The van der Waals surface area contributed by atoms with Gasteiger partial charge in [0.15, 0.2) is 0 Å². The molecule has 0 bridgehead atoms. The molecule has 0 atom stereocenters. The third-order valence-electron chi connectivity index (χ3n) is 7.40. The fraction of sp³-hybridized carbons (Fsp3) is 0.0513. The second-order valence-corrected chi connectivity index (χ2v) is 10.5. The molecular weight excluding hydrogens is 528 g/mol. The predicted octanol–water partition coefficient (Wildman–Crippen LogP) is 10.4. The normalized spacial score (nSPS) is 10.7. The number of benzene rings is 6. The van der Waals surface area contributed by atoms with Crippen molar-refractivity contribution in [1.82, 2.24) is 0 Å². The van der Waals surface area contributed by atoms with Crippen LogP contribution in [0, 0.1) is 13.8 Å². The summed E-state index contributed by atoms with van der Waals surface area (Å²) in [5.74, 6) is 0.509. The van der Waals surface area contributed by atoms with E-state index in [0.717, 1.165) is 45.3 Å². The lowest BCUT2D eigenvalue weighted by Crippen LogP contribution is -2.10. The van der Waals surface area contributed by atoms with Crippen molar-refractivity contribution in [1.29, 1.82) is 0 Å². The van der Waals surface area contributed by atoms with Gasteiger partial charge in [-0.05, 0) is 121 Å². The molecule has 0 spiro atoms. The van der Waals surface area contributed by atoms with Crippen LogP contribution in [0.1, 0.15) is 11.1 Å². The zero-order valence-electron chi connectivity index (χ0n) is 24.2. The summed E-state index contributed by atoms with van der Waals surface area (Å²) in [5, 5.41) is 0. The number of carbonyl (C=O) groups is 1. The highest BCUT2D eigenvalue weighted by Crippen LogP contribution is 2.38. The van der Waals surface area contributed by atoms with Crippen LogP contribution >= 0.6 is 0 Å². The van der Waals surface area contributed by atoms with Crippen molar-refractivity contribution in [3.8, 4) is 16.9 Å². The molecule has 0 N–H and O–H groups in total. The number of hydrogen-bond donors (Lipinski definition) is 0. The Morgan fingerprint density at radius 3 is 1.26 bits per heavy atom. The first kappa shape index (κ1) is 27.6. The maximum absolute atomic E-state index is 10.8. The van der Waals surface area contributed by atoms with Crippen LogP contribution in [0.25, 0.3) is 11.1 Å². The molecule has 0 aromatic heterocycles. The highest BCUT2D eigenvalue weighted by atomic mass is 16.5. The summed E-state index contributed by atoms with van der Waals surface area (Å²) in [7, 11) is 0. The lowest BCUT2D eigenvalue weighted by atomic mass is 10.0. The van der Waals surface area contributed by atoms with Crippen LogP contribution in [0.5, 0.6) is 5.75 Å². The monoisotopic (exact) mass is 560 g/mol. The van der Waals surface area contributed by atoms with E-state index in [0.29, 0.717) is 12.2 Å². The smallest absolute Gasteiger partial charge is 0.298 e. The first-order chi connectivity index (χ1) is 21.1. The lowest BCUT2D eigenvalue weighted by molar-refractivity contribution is -0.120. The summed E-state index contributed by atoms with van der Waals surface area (Å²) in [6.07, 6.45) is 0. The van der Waals surface area contributed by atoms with E-state index in [-0.39, 0.29) is 0 Å². The van der Waals surface area contributed by atoms with Crippen LogP contribution in [0.3, 0.4) is 0 Å². The van der Waals surface area contributed by atoms with Crippen molar-refractivity contribution < 1.29 is 9.53 Å². The molecule has 0 aliphatic carbocycles. The van der Waals surface area contributed by atoms with Gasteiger partial charge in [0.05, 0.1) is 0 Å². The van der Waals surface area contributed by atoms with Crippen molar-refractivity contribution in [2.75, 3.05) is 9.80 Å². The number of rotatable bonds is 9. The lowest BCUT2D eigenvalue weighted by Gasteiger charge is -2.26. The summed E-state index contributed by atoms with van der Waals surface area (Å²) in [4.78, 5) is 15.3. The number of carbonyl (C=O) groups excluding carboxylic acids is 1. The summed E-state index contributed by atoms with van der Waals surface area (Å²) in [5.41, 5.74) is 11.1. The molecule has 6 rings (SSSR count). The second-order valence-electron chi connectivity index (χ2n) is 10.5. The number of anilines is 6.